The van der Waals surface area contributed by atoms with Crippen molar-refractivity contribution in [3.63, 3.8) is 0 Å². The number of rotatable bonds is 4. The fraction of sp³-hybridized carbons (Fsp3) is 0.292. The minimum Gasteiger partial charge on any atom is -0.369 e. The van der Waals surface area contributed by atoms with Gasteiger partial charge >= 0.3 is 0 Å². The molecule has 6 heteroatoms. The molecular weight excluding hydrogens is 374 g/mol. The summed E-state index contributed by atoms with van der Waals surface area (Å²) in [4.78, 5) is 21.8. The van der Waals surface area contributed by atoms with Crippen LogP contribution in [0.5, 0.6) is 0 Å². The van der Waals surface area contributed by atoms with Crippen LogP contribution in [-0.4, -0.2) is 48.0 Å². The van der Waals surface area contributed by atoms with Crippen LogP contribution in [0.2, 0.25) is 0 Å². The molecule has 0 spiro atoms. The molecule has 1 aromatic heterocycles. The molecule has 1 fully saturated rings. The maximum absolute atomic E-state index is 13.0. The lowest BCUT2D eigenvalue weighted by atomic mass is 10.1. The largest absolute Gasteiger partial charge is 0.369 e. The van der Waals surface area contributed by atoms with Gasteiger partial charge in [0, 0.05) is 37.8 Å². The Hall–Kier alpha value is -3.43. The molecule has 0 radical (unpaired) electrons. The Labute approximate surface area is 176 Å². The number of aromatic nitrogens is 1. The third-order valence-corrected chi connectivity index (χ3v) is 5.73. The smallest absolute Gasteiger partial charge is 0.241 e. The van der Waals surface area contributed by atoms with Crippen LogP contribution >= 0.6 is 0 Å². The summed E-state index contributed by atoms with van der Waals surface area (Å²) < 4.78 is 0. The number of nitrogens with one attached hydrogen (secondary N) is 1. The van der Waals surface area contributed by atoms with Crippen LogP contribution in [0.15, 0.2) is 60.8 Å². The van der Waals surface area contributed by atoms with Crippen molar-refractivity contribution in [1.29, 1.82) is 5.26 Å². The molecule has 1 unspecified atom stereocenters. The Bertz CT molecular complexity index is 1080. The molecule has 2 aromatic carbocycles. The average molecular weight is 399 g/mol. The molecule has 4 rings (SSSR count). The van der Waals surface area contributed by atoms with E-state index < -0.39 is 0 Å². The minimum absolute atomic E-state index is 0.0165. The first-order valence-corrected chi connectivity index (χ1v) is 10.3. The molecule has 0 aliphatic carbocycles. The highest BCUT2D eigenvalue weighted by Crippen LogP contribution is 2.23. The van der Waals surface area contributed by atoms with Gasteiger partial charge in [0.25, 0.3) is 0 Å². The average Bonchev–Trinajstić information content (AvgIpc) is 3.05. The maximum Gasteiger partial charge on any atom is 0.241 e. The van der Waals surface area contributed by atoms with E-state index in [0.717, 1.165) is 54.9 Å². The third kappa shape index (κ3) is 4.12. The Kier molecular flexibility index (Phi) is 5.92. The van der Waals surface area contributed by atoms with Crippen LogP contribution in [0, 0.1) is 11.3 Å². The van der Waals surface area contributed by atoms with Crippen molar-refractivity contribution in [2.24, 2.45) is 0 Å². The molecule has 1 amide bonds. The molecule has 1 saturated heterocycles. The lowest BCUT2D eigenvalue weighted by molar-refractivity contribution is -0.120. The number of hydrogen-bond donors (Lipinski definition) is 1. The van der Waals surface area contributed by atoms with E-state index in [1.165, 1.54) is 0 Å². The van der Waals surface area contributed by atoms with Gasteiger partial charge in [-0.05, 0) is 49.7 Å². The molecule has 30 heavy (non-hydrogen) atoms. The van der Waals surface area contributed by atoms with Crippen molar-refractivity contribution in [1.82, 2.24) is 9.88 Å². The van der Waals surface area contributed by atoms with Crippen molar-refractivity contribution in [3.05, 3.63) is 66.4 Å². The van der Waals surface area contributed by atoms with E-state index >= 15 is 0 Å². The first kappa shape index (κ1) is 19.9. The van der Waals surface area contributed by atoms with Gasteiger partial charge in [0.2, 0.25) is 5.91 Å². The predicted molar refractivity (Wildman–Crippen MR) is 119 cm³/mol. The molecular formula is C24H25N5O. The van der Waals surface area contributed by atoms with E-state index in [1.54, 1.807) is 6.20 Å². The number of hydrogen-bond acceptors (Lipinski definition) is 5. The van der Waals surface area contributed by atoms with Crippen LogP contribution in [0.1, 0.15) is 18.9 Å². The quantitative estimate of drug-likeness (QED) is 0.725. The molecule has 2 heterocycles. The molecule has 1 aliphatic rings. The van der Waals surface area contributed by atoms with E-state index in [4.69, 9.17) is 0 Å². The van der Waals surface area contributed by atoms with Crippen molar-refractivity contribution in [2.75, 3.05) is 36.4 Å². The number of amides is 1. The SMILES string of the molecule is CC(C(=O)Nc1cccc2ncccc12)N1CCCN(c2ccccc2C#N)CC1. The van der Waals surface area contributed by atoms with E-state index in [1.807, 2.05) is 61.5 Å². The van der Waals surface area contributed by atoms with Crippen LogP contribution in [0.25, 0.3) is 10.9 Å². The zero-order valence-corrected chi connectivity index (χ0v) is 17.1. The summed E-state index contributed by atoms with van der Waals surface area (Å²) in [5.41, 5.74) is 3.32. The summed E-state index contributed by atoms with van der Waals surface area (Å²) >= 11 is 0. The summed E-state index contributed by atoms with van der Waals surface area (Å²) in [6.45, 7) is 5.23. The second-order valence-electron chi connectivity index (χ2n) is 7.55. The number of pyridine rings is 1. The fourth-order valence-corrected chi connectivity index (χ4v) is 4.02. The number of nitriles is 1. The topological polar surface area (TPSA) is 72.3 Å². The van der Waals surface area contributed by atoms with Crippen LogP contribution in [-0.2, 0) is 4.79 Å². The summed E-state index contributed by atoms with van der Waals surface area (Å²) in [6.07, 6.45) is 2.69. The molecule has 152 valence electrons. The Balaban J connectivity index is 1.44. The van der Waals surface area contributed by atoms with Gasteiger partial charge in [0.05, 0.1) is 28.5 Å². The monoisotopic (exact) mass is 399 g/mol. The van der Waals surface area contributed by atoms with Crippen molar-refractivity contribution in [2.45, 2.75) is 19.4 Å². The number of nitrogens with zero attached hydrogens (tertiary/aromatic N) is 4. The van der Waals surface area contributed by atoms with Gasteiger partial charge in [0.1, 0.15) is 6.07 Å². The van der Waals surface area contributed by atoms with E-state index in [9.17, 15) is 10.1 Å². The summed E-state index contributed by atoms with van der Waals surface area (Å²) in [6, 6.07) is 19.4. The Morgan fingerprint density at radius 1 is 1.07 bits per heavy atom. The zero-order valence-electron chi connectivity index (χ0n) is 17.1. The first-order valence-electron chi connectivity index (χ1n) is 10.3. The van der Waals surface area contributed by atoms with E-state index in [-0.39, 0.29) is 11.9 Å². The highest BCUT2D eigenvalue weighted by atomic mass is 16.2. The third-order valence-electron chi connectivity index (χ3n) is 5.73. The van der Waals surface area contributed by atoms with Gasteiger partial charge in [-0.3, -0.25) is 14.7 Å². The Morgan fingerprint density at radius 2 is 1.93 bits per heavy atom. The maximum atomic E-state index is 13.0. The normalized spacial score (nSPS) is 15.9. The van der Waals surface area contributed by atoms with E-state index in [0.29, 0.717) is 5.56 Å². The van der Waals surface area contributed by atoms with Gasteiger partial charge in [-0.25, -0.2) is 0 Å². The standard InChI is InChI=1S/C24H25N5O/c1-18(24(30)27-22-10-4-9-21-20(22)8-5-12-26-21)28-13-6-14-29(16-15-28)23-11-3-2-7-19(23)17-25/h2-5,7-12,18H,6,13-16H2,1H3,(H,27,30). The highest BCUT2D eigenvalue weighted by molar-refractivity contribution is 6.02. The molecule has 0 saturated carbocycles. The first-order chi connectivity index (χ1) is 14.7. The van der Waals surface area contributed by atoms with Crippen LogP contribution in [0.4, 0.5) is 11.4 Å². The van der Waals surface area contributed by atoms with Gasteiger partial charge in [0.15, 0.2) is 0 Å². The van der Waals surface area contributed by atoms with Gasteiger partial charge < -0.3 is 10.2 Å². The van der Waals surface area contributed by atoms with Gasteiger partial charge in [-0.1, -0.05) is 18.2 Å². The number of anilines is 2. The number of carbonyl (C=O) groups excluding carboxylic acids is 1. The molecule has 1 aliphatic heterocycles. The number of carbonyl (C=O) groups is 1. The van der Waals surface area contributed by atoms with Crippen LogP contribution in [0.3, 0.4) is 0 Å². The number of para-hydroxylation sites is 1. The molecule has 1 N–H and O–H groups in total. The lowest BCUT2D eigenvalue weighted by Gasteiger charge is -2.27. The number of fused-ring (bicyclic) bond motifs is 1. The fourth-order valence-electron chi connectivity index (χ4n) is 4.02. The van der Waals surface area contributed by atoms with Crippen molar-refractivity contribution < 1.29 is 4.79 Å². The molecule has 6 nitrogen and oxygen atoms in total. The van der Waals surface area contributed by atoms with E-state index in [2.05, 4.69) is 26.2 Å². The second kappa shape index (κ2) is 8.93. The lowest BCUT2D eigenvalue weighted by Crippen LogP contribution is -2.44. The molecule has 3 aromatic rings. The summed E-state index contributed by atoms with van der Waals surface area (Å²) in [5.74, 6) is -0.0165. The minimum atomic E-state index is -0.247. The Morgan fingerprint density at radius 3 is 2.80 bits per heavy atom. The van der Waals surface area contributed by atoms with Gasteiger partial charge in [-0.15, -0.1) is 0 Å². The van der Waals surface area contributed by atoms with Crippen LogP contribution < -0.4 is 10.2 Å². The predicted octanol–water partition coefficient (Wildman–Crippen LogP) is 3.65. The highest BCUT2D eigenvalue weighted by Gasteiger charge is 2.25. The summed E-state index contributed by atoms with van der Waals surface area (Å²) in [7, 11) is 0. The number of benzene rings is 2. The molecule has 0 bridgehead atoms. The second-order valence-corrected chi connectivity index (χ2v) is 7.55. The molecule has 1 atom stereocenters. The van der Waals surface area contributed by atoms with Crippen molar-refractivity contribution >= 4 is 28.2 Å². The zero-order chi connectivity index (χ0) is 20.9. The summed E-state index contributed by atoms with van der Waals surface area (Å²) in [5, 5.41) is 13.4. The van der Waals surface area contributed by atoms with Crippen molar-refractivity contribution in [3.8, 4) is 6.07 Å². The van der Waals surface area contributed by atoms with Gasteiger partial charge in [-0.2, -0.15) is 5.26 Å².